The van der Waals surface area contributed by atoms with E-state index in [1.54, 1.807) is 43.3 Å². The lowest BCUT2D eigenvalue weighted by Gasteiger charge is -2.08. The summed E-state index contributed by atoms with van der Waals surface area (Å²) < 4.78 is 5.13. The van der Waals surface area contributed by atoms with E-state index in [-0.39, 0.29) is 18.3 Å². The van der Waals surface area contributed by atoms with Gasteiger partial charge in [-0.2, -0.15) is 5.26 Å². The van der Waals surface area contributed by atoms with Gasteiger partial charge < -0.3 is 15.2 Å². The molecule has 0 aliphatic rings. The average molecular weight is 282 g/mol. The molecule has 0 saturated heterocycles. The van der Waals surface area contributed by atoms with Crippen LogP contribution in [0.4, 0.5) is 5.69 Å². The van der Waals surface area contributed by atoms with Gasteiger partial charge in [-0.25, -0.2) is 0 Å². The maximum atomic E-state index is 12.1. The number of benzene rings is 2. The van der Waals surface area contributed by atoms with Gasteiger partial charge >= 0.3 is 0 Å². The number of rotatable bonds is 4. The number of aryl methyl sites for hydroxylation is 1. The Morgan fingerprint density at radius 2 is 2.00 bits per heavy atom. The lowest BCUT2D eigenvalue weighted by atomic mass is 10.1. The van der Waals surface area contributed by atoms with Gasteiger partial charge in [0.25, 0.3) is 5.91 Å². The number of nitrogens with one attached hydrogen (secondary N) is 1. The first-order valence-corrected chi connectivity index (χ1v) is 6.31. The second-order valence-corrected chi connectivity index (χ2v) is 4.43. The molecule has 0 heterocycles. The predicted molar refractivity (Wildman–Crippen MR) is 78.3 cm³/mol. The van der Waals surface area contributed by atoms with E-state index in [0.29, 0.717) is 22.6 Å². The number of anilines is 1. The zero-order chi connectivity index (χ0) is 15.2. The topological polar surface area (TPSA) is 82.3 Å². The zero-order valence-electron chi connectivity index (χ0n) is 11.5. The Labute approximate surface area is 122 Å². The Morgan fingerprint density at radius 1 is 1.29 bits per heavy atom. The van der Waals surface area contributed by atoms with Crippen LogP contribution in [0.15, 0.2) is 42.5 Å². The fourth-order valence-corrected chi connectivity index (χ4v) is 1.75. The molecule has 2 N–H and O–H groups in total. The molecule has 21 heavy (non-hydrogen) atoms. The molecule has 0 unspecified atom stereocenters. The number of nitrogens with zero attached hydrogens (tertiary/aromatic N) is 1. The fourth-order valence-electron chi connectivity index (χ4n) is 1.75. The minimum atomic E-state index is -0.260. The number of hydrogen-bond donors (Lipinski definition) is 2. The fraction of sp³-hybridized carbons (Fsp3) is 0.125. The molecule has 5 nitrogen and oxygen atoms in total. The van der Waals surface area contributed by atoms with E-state index in [2.05, 4.69) is 5.32 Å². The molecule has 0 atom stereocenters. The third-order valence-electron chi connectivity index (χ3n) is 2.87. The van der Waals surface area contributed by atoms with Gasteiger partial charge in [0.15, 0.2) is 6.61 Å². The van der Waals surface area contributed by atoms with Crippen molar-refractivity contribution < 1.29 is 14.6 Å². The van der Waals surface area contributed by atoms with Crippen LogP contribution >= 0.6 is 0 Å². The van der Waals surface area contributed by atoms with Crippen LogP contribution in [0.2, 0.25) is 0 Å². The number of phenolic OH excluding ortho intramolecular Hbond substituents is 1. The number of carbonyl (C=O) groups is 1. The molecule has 5 heteroatoms. The summed E-state index contributed by atoms with van der Waals surface area (Å²) in [4.78, 5) is 12.1. The summed E-state index contributed by atoms with van der Waals surface area (Å²) in [7, 11) is 0. The molecule has 0 fully saturated rings. The molecule has 0 saturated carbocycles. The first-order valence-electron chi connectivity index (χ1n) is 6.31. The van der Waals surface area contributed by atoms with Crippen molar-refractivity contribution in [1.29, 1.82) is 5.26 Å². The zero-order valence-corrected chi connectivity index (χ0v) is 11.5. The van der Waals surface area contributed by atoms with E-state index in [9.17, 15) is 9.90 Å². The van der Waals surface area contributed by atoms with Crippen molar-refractivity contribution in [3.63, 3.8) is 0 Å². The molecular weight excluding hydrogens is 268 g/mol. The molecule has 106 valence electrons. The highest BCUT2D eigenvalue weighted by molar-refractivity contribution is 6.04. The third kappa shape index (κ3) is 3.74. The maximum Gasteiger partial charge on any atom is 0.255 e. The van der Waals surface area contributed by atoms with Crippen LogP contribution in [-0.4, -0.2) is 17.6 Å². The van der Waals surface area contributed by atoms with Crippen molar-refractivity contribution in [2.24, 2.45) is 0 Å². The normalized spacial score (nSPS) is 9.71. The third-order valence-corrected chi connectivity index (χ3v) is 2.87. The first-order chi connectivity index (χ1) is 10.1. The maximum absolute atomic E-state index is 12.1. The van der Waals surface area contributed by atoms with E-state index in [4.69, 9.17) is 10.00 Å². The summed E-state index contributed by atoms with van der Waals surface area (Å²) in [5.74, 6) is 0.462. The molecular formula is C16H14N2O3. The number of phenols is 1. The van der Waals surface area contributed by atoms with Crippen molar-refractivity contribution in [2.75, 3.05) is 11.9 Å². The molecule has 2 aromatic rings. The van der Waals surface area contributed by atoms with Crippen LogP contribution in [0.3, 0.4) is 0 Å². The van der Waals surface area contributed by atoms with Gasteiger partial charge in [0.2, 0.25) is 0 Å². The highest BCUT2D eigenvalue weighted by Crippen LogP contribution is 2.19. The van der Waals surface area contributed by atoms with Crippen LogP contribution in [0.25, 0.3) is 0 Å². The highest BCUT2D eigenvalue weighted by Gasteiger charge is 2.08. The smallest absolute Gasteiger partial charge is 0.255 e. The van der Waals surface area contributed by atoms with E-state index >= 15 is 0 Å². The monoisotopic (exact) mass is 282 g/mol. The summed E-state index contributed by atoms with van der Waals surface area (Å²) in [6.45, 7) is 1.71. The predicted octanol–water partition coefficient (Wildman–Crippen LogP) is 2.86. The van der Waals surface area contributed by atoms with Crippen LogP contribution in [0, 0.1) is 18.3 Å². The van der Waals surface area contributed by atoms with Crippen molar-refractivity contribution in [3.8, 4) is 17.6 Å². The highest BCUT2D eigenvalue weighted by atomic mass is 16.5. The number of amides is 1. The lowest BCUT2D eigenvalue weighted by molar-refractivity contribution is 0.102. The second kappa shape index (κ2) is 6.44. The summed E-state index contributed by atoms with van der Waals surface area (Å²) in [5.41, 5.74) is 1.73. The Morgan fingerprint density at radius 3 is 2.62 bits per heavy atom. The number of ether oxygens (including phenoxy) is 1. The molecule has 0 aliphatic carbocycles. The van der Waals surface area contributed by atoms with Crippen molar-refractivity contribution in [1.82, 2.24) is 0 Å². The molecule has 2 rings (SSSR count). The molecule has 1 amide bonds. The van der Waals surface area contributed by atoms with Gasteiger partial charge in [0, 0.05) is 11.3 Å². The Kier molecular flexibility index (Phi) is 4.42. The van der Waals surface area contributed by atoms with Crippen molar-refractivity contribution in [3.05, 3.63) is 53.6 Å². The van der Waals surface area contributed by atoms with E-state index in [0.717, 1.165) is 0 Å². The van der Waals surface area contributed by atoms with Gasteiger partial charge in [0.1, 0.15) is 17.6 Å². The largest absolute Gasteiger partial charge is 0.508 e. The van der Waals surface area contributed by atoms with Gasteiger partial charge in [-0.3, -0.25) is 4.79 Å². The Hall–Kier alpha value is -3.00. The number of nitriles is 1. The van der Waals surface area contributed by atoms with Gasteiger partial charge in [0.05, 0.1) is 0 Å². The molecule has 0 spiro atoms. The standard InChI is InChI=1S/C16H14N2O3/c1-11-10-12(2-7-15(11)19)16(20)18-13-3-5-14(6-4-13)21-9-8-17/h2-7,10,19H,9H2,1H3,(H,18,20). The molecule has 0 aromatic heterocycles. The van der Waals surface area contributed by atoms with E-state index in [1.807, 2.05) is 6.07 Å². The minimum absolute atomic E-state index is 0.0154. The molecule has 0 radical (unpaired) electrons. The number of carbonyl (C=O) groups excluding carboxylic acids is 1. The van der Waals surface area contributed by atoms with Crippen molar-refractivity contribution >= 4 is 11.6 Å². The summed E-state index contributed by atoms with van der Waals surface area (Å²) in [6, 6.07) is 13.3. The minimum Gasteiger partial charge on any atom is -0.508 e. The lowest BCUT2D eigenvalue weighted by Crippen LogP contribution is -2.11. The summed E-state index contributed by atoms with van der Waals surface area (Å²) >= 11 is 0. The molecule has 2 aromatic carbocycles. The van der Waals surface area contributed by atoms with E-state index in [1.165, 1.54) is 6.07 Å². The van der Waals surface area contributed by atoms with Gasteiger partial charge in [-0.05, 0) is 55.0 Å². The average Bonchev–Trinajstić information content (AvgIpc) is 2.49. The van der Waals surface area contributed by atoms with Gasteiger partial charge in [-0.1, -0.05) is 0 Å². The molecule has 0 bridgehead atoms. The van der Waals surface area contributed by atoms with Gasteiger partial charge in [-0.15, -0.1) is 0 Å². The van der Waals surface area contributed by atoms with E-state index < -0.39 is 0 Å². The first kappa shape index (κ1) is 14.4. The van der Waals surface area contributed by atoms with Crippen LogP contribution < -0.4 is 10.1 Å². The van der Waals surface area contributed by atoms with Crippen LogP contribution in [-0.2, 0) is 0 Å². The quantitative estimate of drug-likeness (QED) is 0.903. The van der Waals surface area contributed by atoms with Crippen LogP contribution in [0.1, 0.15) is 15.9 Å². The SMILES string of the molecule is Cc1cc(C(=O)Nc2ccc(OCC#N)cc2)ccc1O. The number of hydrogen-bond acceptors (Lipinski definition) is 4. The Balaban J connectivity index is 2.05. The number of aromatic hydroxyl groups is 1. The van der Waals surface area contributed by atoms with Crippen LogP contribution in [0.5, 0.6) is 11.5 Å². The van der Waals surface area contributed by atoms with Crippen molar-refractivity contribution in [2.45, 2.75) is 6.92 Å². The Bertz CT molecular complexity index is 688. The summed E-state index contributed by atoms with van der Waals surface area (Å²) in [6.07, 6.45) is 0. The second-order valence-electron chi connectivity index (χ2n) is 4.43. The molecule has 0 aliphatic heterocycles. The summed E-state index contributed by atoms with van der Waals surface area (Å²) in [5, 5.41) is 20.6.